The molecule has 0 radical (unpaired) electrons. The molecule has 1 aromatic carbocycles. The molecule has 1 saturated carbocycles. The lowest BCUT2D eigenvalue weighted by Crippen LogP contribution is -2.22. The molecule has 1 fully saturated rings. The molecule has 2 unspecified atom stereocenters. The maximum Gasteiger partial charge on any atom is 0.336 e. The summed E-state index contributed by atoms with van der Waals surface area (Å²) < 4.78 is 0. The van der Waals surface area contributed by atoms with Crippen molar-refractivity contribution >= 4 is 29.5 Å². The first-order chi connectivity index (χ1) is 17.3. The van der Waals surface area contributed by atoms with Gasteiger partial charge >= 0.3 is 5.97 Å². The van der Waals surface area contributed by atoms with E-state index in [-0.39, 0.29) is 17.7 Å². The third kappa shape index (κ3) is 11.6. The standard InChI is InChI=1S/C18H21ClN2.C8H10O3.2C2H6/c1-12-9-17(18(19)10-13(2)21-11-20-12)16-7-5-15(6-8-16)14-3-4-14;1-3-6(2)7(4-5-9)8(10)11;2*1-2/h5-14H,3-4H2,1-2H3,(H,20,21);3-5,9H,1H2,2H3,(H,10,11);2*1-2H3/b17-9-,18-10+;5-4+,7-6+;;. The quantitative estimate of drug-likeness (QED) is 0.210. The molecule has 3 N–H and O–H groups in total. The number of allylic oxidation sites excluding steroid dienone is 4. The first-order valence-electron chi connectivity index (χ1n) is 12.6. The van der Waals surface area contributed by atoms with Crippen LogP contribution in [0.5, 0.6) is 0 Å². The monoisotopic (exact) mass is 514 g/mol. The van der Waals surface area contributed by atoms with Gasteiger partial charge in [-0.2, -0.15) is 0 Å². The van der Waals surface area contributed by atoms with Crippen LogP contribution < -0.4 is 5.32 Å². The third-order valence-corrected chi connectivity index (χ3v) is 5.51. The lowest BCUT2D eigenvalue weighted by Gasteiger charge is -2.11. The summed E-state index contributed by atoms with van der Waals surface area (Å²) in [6.07, 6.45) is 11.8. The van der Waals surface area contributed by atoms with Crippen LogP contribution in [0.2, 0.25) is 0 Å². The van der Waals surface area contributed by atoms with Gasteiger partial charge in [0.2, 0.25) is 0 Å². The number of rotatable bonds is 5. The number of aliphatic hydroxyl groups excluding tert-OH is 1. The smallest absolute Gasteiger partial charge is 0.336 e. The number of carboxylic acid groups (broad SMARTS) is 1. The molecule has 1 heterocycles. The fraction of sp³-hybridized carbons (Fsp3) is 0.400. The second-order valence-electron chi connectivity index (χ2n) is 7.89. The van der Waals surface area contributed by atoms with Crippen LogP contribution >= 0.6 is 11.6 Å². The van der Waals surface area contributed by atoms with Gasteiger partial charge in [-0.1, -0.05) is 82.3 Å². The Kier molecular flexibility index (Phi) is 16.7. The Hall–Kier alpha value is -3.05. The largest absolute Gasteiger partial charge is 0.516 e. The molecule has 0 saturated heterocycles. The molecule has 0 aromatic heterocycles. The summed E-state index contributed by atoms with van der Waals surface area (Å²) in [7, 11) is 0. The van der Waals surface area contributed by atoms with Crippen molar-refractivity contribution in [1.29, 1.82) is 0 Å². The topological polar surface area (TPSA) is 81.9 Å². The predicted octanol–water partition coefficient (Wildman–Crippen LogP) is 8.18. The zero-order chi connectivity index (χ0) is 27.7. The maximum atomic E-state index is 10.4. The zero-order valence-corrected chi connectivity index (χ0v) is 23.5. The second kappa shape index (κ2) is 18.3. The maximum absolute atomic E-state index is 10.4. The second-order valence-corrected chi connectivity index (χ2v) is 8.29. The van der Waals surface area contributed by atoms with E-state index in [1.807, 2.05) is 33.8 Å². The van der Waals surface area contributed by atoms with Gasteiger partial charge in [-0.3, -0.25) is 4.99 Å². The SMILES string of the molecule is C=C/C(C)=C(\C=C\O)C(=O)O.CC.CC.CC1/C=C(c2ccc(C3CC3)cc2)\C(Cl)=C/C(C)NC=N1. The van der Waals surface area contributed by atoms with Gasteiger partial charge in [-0.25, -0.2) is 4.79 Å². The number of aliphatic imine (C=N–C) groups is 1. The summed E-state index contributed by atoms with van der Waals surface area (Å²) in [5.74, 6) is -0.292. The van der Waals surface area contributed by atoms with Crippen molar-refractivity contribution in [3.8, 4) is 0 Å². The number of carboxylic acids is 1. The van der Waals surface area contributed by atoms with Crippen LogP contribution in [-0.2, 0) is 4.79 Å². The average molecular weight is 515 g/mol. The van der Waals surface area contributed by atoms with E-state index < -0.39 is 5.97 Å². The molecule has 36 heavy (non-hydrogen) atoms. The Balaban J connectivity index is 0.000000697. The van der Waals surface area contributed by atoms with Crippen molar-refractivity contribution in [3.63, 3.8) is 0 Å². The molecule has 1 aliphatic heterocycles. The molecule has 3 rings (SSSR count). The Labute approximate surface area is 222 Å². The van der Waals surface area contributed by atoms with Crippen LogP contribution in [0.4, 0.5) is 0 Å². The summed E-state index contributed by atoms with van der Waals surface area (Å²) in [6, 6.07) is 9.11. The molecular formula is C30H43ClN2O3. The number of halogens is 1. The van der Waals surface area contributed by atoms with Crippen molar-refractivity contribution in [2.24, 2.45) is 4.99 Å². The summed E-state index contributed by atoms with van der Waals surface area (Å²) in [6.45, 7) is 17.2. The Bertz CT molecular complexity index is 968. The predicted molar refractivity (Wildman–Crippen MR) is 156 cm³/mol. The Morgan fingerprint density at radius 3 is 2.17 bits per heavy atom. The van der Waals surface area contributed by atoms with Gasteiger partial charge < -0.3 is 15.5 Å². The molecule has 0 spiro atoms. The van der Waals surface area contributed by atoms with Gasteiger partial charge in [0.05, 0.1) is 24.2 Å². The highest BCUT2D eigenvalue weighted by Gasteiger charge is 2.23. The highest BCUT2D eigenvalue weighted by atomic mass is 35.5. The van der Waals surface area contributed by atoms with E-state index in [1.54, 1.807) is 13.3 Å². The molecule has 2 atom stereocenters. The summed E-state index contributed by atoms with van der Waals surface area (Å²) in [5.41, 5.74) is 4.24. The number of aliphatic hydroxyl groups is 1. The number of aliphatic carboxylic acids is 1. The summed E-state index contributed by atoms with van der Waals surface area (Å²) in [4.78, 5) is 14.9. The average Bonchev–Trinajstić information content (AvgIpc) is 3.73. The lowest BCUT2D eigenvalue weighted by atomic mass is 9.99. The minimum absolute atomic E-state index is 0.0440. The van der Waals surface area contributed by atoms with Crippen LogP contribution in [0, 0.1) is 0 Å². The van der Waals surface area contributed by atoms with Gasteiger partial charge in [0.25, 0.3) is 0 Å². The molecular weight excluding hydrogens is 472 g/mol. The Morgan fingerprint density at radius 1 is 1.11 bits per heavy atom. The van der Waals surface area contributed by atoms with Gasteiger partial charge in [0.1, 0.15) is 0 Å². The number of hydrogen-bond acceptors (Lipinski definition) is 4. The Morgan fingerprint density at radius 2 is 1.69 bits per heavy atom. The normalized spacial score (nSPS) is 22.3. The van der Waals surface area contributed by atoms with Crippen LogP contribution in [0.1, 0.15) is 78.4 Å². The van der Waals surface area contributed by atoms with Crippen molar-refractivity contribution < 1.29 is 15.0 Å². The number of carbonyl (C=O) groups is 1. The van der Waals surface area contributed by atoms with Crippen molar-refractivity contribution in [1.82, 2.24) is 5.32 Å². The highest BCUT2D eigenvalue weighted by molar-refractivity contribution is 6.37. The van der Waals surface area contributed by atoms with Gasteiger partial charge in [-0.15, -0.1) is 0 Å². The van der Waals surface area contributed by atoms with Crippen molar-refractivity contribution in [2.45, 2.75) is 79.3 Å². The minimum atomic E-state index is -1.08. The fourth-order valence-electron chi connectivity index (χ4n) is 3.14. The van der Waals surface area contributed by atoms with Gasteiger partial charge in [0.15, 0.2) is 0 Å². The molecule has 2 aliphatic rings. The van der Waals surface area contributed by atoms with Crippen LogP contribution in [-0.4, -0.2) is 34.6 Å². The van der Waals surface area contributed by atoms with Crippen molar-refractivity contribution in [2.75, 3.05) is 0 Å². The van der Waals surface area contributed by atoms with Gasteiger partial charge in [0, 0.05) is 11.1 Å². The molecule has 1 aromatic rings. The van der Waals surface area contributed by atoms with E-state index in [1.165, 1.54) is 24.5 Å². The summed E-state index contributed by atoms with van der Waals surface area (Å²) >= 11 is 6.54. The minimum Gasteiger partial charge on any atom is -0.516 e. The third-order valence-electron chi connectivity index (χ3n) is 5.18. The van der Waals surface area contributed by atoms with E-state index in [9.17, 15) is 4.79 Å². The van der Waals surface area contributed by atoms with E-state index in [2.05, 4.69) is 61.1 Å². The van der Waals surface area contributed by atoms with Crippen LogP contribution in [0.25, 0.3) is 5.57 Å². The molecule has 1 aliphatic carbocycles. The van der Waals surface area contributed by atoms with Gasteiger partial charge in [-0.05, 0) is 74.0 Å². The first kappa shape index (κ1) is 33.0. The number of nitrogens with one attached hydrogen (secondary N) is 1. The molecule has 0 bridgehead atoms. The van der Waals surface area contributed by atoms with Crippen molar-refractivity contribution in [3.05, 3.63) is 88.7 Å². The fourth-order valence-corrected chi connectivity index (χ4v) is 3.50. The lowest BCUT2D eigenvalue weighted by molar-refractivity contribution is -0.132. The van der Waals surface area contributed by atoms with Crippen LogP contribution in [0.15, 0.2) is 82.6 Å². The highest BCUT2D eigenvalue weighted by Crippen LogP contribution is 2.40. The van der Waals surface area contributed by atoms with E-state index in [4.69, 9.17) is 21.8 Å². The van der Waals surface area contributed by atoms with E-state index in [0.717, 1.165) is 28.2 Å². The van der Waals surface area contributed by atoms with E-state index in [0.29, 0.717) is 11.8 Å². The molecule has 6 heteroatoms. The number of benzene rings is 1. The first-order valence-corrected chi connectivity index (χ1v) is 13.0. The summed E-state index contributed by atoms with van der Waals surface area (Å²) in [5, 5.41) is 20.8. The zero-order valence-electron chi connectivity index (χ0n) is 22.8. The van der Waals surface area contributed by atoms with E-state index >= 15 is 0 Å². The molecule has 0 amide bonds. The number of hydrogen-bond donors (Lipinski definition) is 3. The number of nitrogens with zero attached hydrogens (tertiary/aromatic N) is 1. The van der Waals surface area contributed by atoms with Crippen LogP contribution in [0.3, 0.4) is 0 Å². The molecule has 5 nitrogen and oxygen atoms in total. The molecule has 198 valence electrons.